The van der Waals surface area contributed by atoms with Gasteiger partial charge < -0.3 is 4.55 Å². The van der Waals surface area contributed by atoms with Gasteiger partial charge in [-0.2, -0.15) is 20.3 Å². The Balaban J connectivity index is 0.00000441. The molecule has 3 aromatic carbocycles. The van der Waals surface area contributed by atoms with Crippen LogP contribution in [0.15, 0.2) is 85.8 Å². The number of hydrogen-bond donors (Lipinski definition) is 1. The second-order valence-electron chi connectivity index (χ2n) is 8.64. The summed E-state index contributed by atoms with van der Waals surface area (Å²) in [6, 6.07) is 13.6. The maximum atomic E-state index is 13.2. The van der Waals surface area contributed by atoms with Crippen molar-refractivity contribution in [1.82, 2.24) is 0 Å². The van der Waals surface area contributed by atoms with Gasteiger partial charge in [0.05, 0.1) is 37.6 Å². The normalized spacial score (nSPS) is 15.7. The number of carbonyl (C=O) groups is 1. The van der Waals surface area contributed by atoms with E-state index in [1.807, 2.05) is 19.1 Å². The Bertz CT molecular complexity index is 1750. The summed E-state index contributed by atoms with van der Waals surface area (Å²) < 4.78 is 63.3. The number of hydrazone groups is 1. The molecule has 1 heterocycles. The van der Waals surface area contributed by atoms with E-state index in [0.717, 1.165) is 22.7 Å². The maximum absolute atomic E-state index is 13.2. The van der Waals surface area contributed by atoms with E-state index in [9.17, 15) is 26.2 Å². The summed E-state index contributed by atoms with van der Waals surface area (Å²) in [5, 5.41) is 13.1. The minimum absolute atomic E-state index is 0. The number of hydrogen-bond acceptors (Lipinski definition) is 9. The second kappa shape index (κ2) is 12.5. The van der Waals surface area contributed by atoms with Crippen LogP contribution in [0.3, 0.4) is 0 Å². The second-order valence-corrected chi connectivity index (χ2v) is 12.1. The fraction of sp³-hybridized carbons (Fsp3) is 0.200. The number of carbonyl (C=O) groups excluding carboxylic acids is 1. The Hall–Kier alpha value is -2.65. The molecule has 0 spiro atoms. The Kier molecular flexibility index (Phi) is 9.94. The first-order valence-electron chi connectivity index (χ1n) is 11.6. The largest absolute Gasteiger partial charge is 1.00 e. The van der Waals surface area contributed by atoms with Crippen LogP contribution in [0.5, 0.6) is 0 Å². The monoisotopic (exact) mass is 611 g/mol. The van der Waals surface area contributed by atoms with Gasteiger partial charge in [0.15, 0.2) is 6.04 Å². The van der Waals surface area contributed by atoms with Gasteiger partial charge in [0.2, 0.25) is 0 Å². The molecule has 0 aliphatic carbocycles. The Morgan fingerprint density at radius 1 is 1.05 bits per heavy atom. The molecule has 1 aliphatic heterocycles. The molecular weight excluding hydrogens is 589 g/mol. The number of benzene rings is 3. The number of anilines is 2. The van der Waals surface area contributed by atoms with Crippen LogP contribution in [-0.2, 0) is 31.4 Å². The number of para-hydroxylation sites is 1. The molecule has 1 unspecified atom stereocenters. The SMILES string of the molecule is CCc1ccccc1NS(=O)(=O)c1cc(N=NC2C(=O)N(c3cc(S(=O)(=O)[O-])ccc3Cl)N=C2C)ccc1C.[Na+]. The van der Waals surface area contributed by atoms with Gasteiger partial charge in [0.25, 0.3) is 15.9 Å². The molecule has 1 atom stereocenters. The van der Waals surface area contributed by atoms with E-state index in [-0.39, 0.29) is 56.6 Å². The van der Waals surface area contributed by atoms with Crippen molar-refractivity contribution < 1.29 is 55.7 Å². The zero-order chi connectivity index (χ0) is 28.5. The van der Waals surface area contributed by atoms with Crippen molar-refractivity contribution in [2.24, 2.45) is 15.3 Å². The first-order valence-corrected chi connectivity index (χ1v) is 14.9. The third-order valence-corrected chi connectivity index (χ3v) is 8.58. The van der Waals surface area contributed by atoms with E-state index >= 15 is 0 Å². The Morgan fingerprint density at radius 2 is 1.75 bits per heavy atom. The van der Waals surface area contributed by atoms with Crippen molar-refractivity contribution >= 4 is 60.4 Å². The van der Waals surface area contributed by atoms with Crippen LogP contribution in [0.1, 0.15) is 25.0 Å². The van der Waals surface area contributed by atoms with Gasteiger partial charge in [-0.1, -0.05) is 42.8 Å². The van der Waals surface area contributed by atoms with Gasteiger partial charge in [-0.25, -0.2) is 16.8 Å². The summed E-state index contributed by atoms with van der Waals surface area (Å²) in [7, 11) is -8.76. The van der Waals surface area contributed by atoms with Crippen LogP contribution in [0.2, 0.25) is 5.02 Å². The molecule has 0 saturated heterocycles. The van der Waals surface area contributed by atoms with Gasteiger partial charge in [-0.15, -0.1) is 0 Å². The summed E-state index contributed by atoms with van der Waals surface area (Å²) in [6.07, 6.45) is 0.640. The minimum atomic E-state index is -4.80. The van der Waals surface area contributed by atoms with Gasteiger partial charge in [-0.3, -0.25) is 9.52 Å². The fourth-order valence-electron chi connectivity index (χ4n) is 3.86. The maximum Gasteiger partial charge on any atom is 1.00 e. The number of azo groups is 1. The van der Waals surface area contributed by atoms with Crippen molar-refractivity contribution in [2.45, 2.75) is 43.0 Å². The number of halogens is 1. The fourth-order valence-corrected chi connectivity index (χ4v) is 5.92. The summed E-state index contributed by atoms with van der Waals surface area (Å²) in [6.45, 7) is 5.09. The molecule has 1 amide bonds. The third kappa shape index (κ3) is 6.79. The van der Waals surface area contributed by atoms with Gasteiger partial charge in [0, 0.05) is 0 Å². The summed E-state index contributed by atoms with van der Waals surface area (Å²) in [4.78, 5) is 12.5. The third-order valence-electron chi connectivity index (χ3n) is 5.92. The quantitative estimate of drug-likeness (QED) is 0.232. The van der Waals surface area contributed by atoms with Crippen LogP contribution >= 0.6 is 11.6 Å². The van der Waals surface area contributed by atoms with Crippen LogP contribution in [-0.4, -0.2) is 39.0 Å². The van der Waals surface area contributed by atoms with Crippen LogP contribution in [0.25, 0.3) is 0 Å². The molecule has 15 heteroatoms. The molecule has 1 aliphatic rings. The number of rotatable bonds is 8. The number of nitrogens with zero attached hydrogens (tertiary/aromatic N) is 4. The number of aryl methyl sites for hydroxylation is 2. The summed E-state index contributed by atoms with van der Waals surface area (Å²) >= 11 is 6.14. The molecule has 0 radical (unpaired) electrons. The molecular formula is C25H23ClN5NaO6S2. The predicted octanol–water partition coefficient (Wildman–Crippen LogP) is 1.79. The van der Waals surface area contributed by atoms with E-state index in [1.54, 1.807) is 31.2 Å². The van der Waals surface area contributed by atoms with E-state index in [0.29, 0.717) is 17.7 Å². The first kappa shape index (κ1) is 31.9. The zero-order valence-corrected chi connectivity index (χ0v) is 26.4. The number of nitrogens with one attached hydrogen (secondary N) is 1. The Morgan fingerprint density at radius 3 is 2.42 bits per heavy atom. The summed E-state index contributed by atoms with van der Waals surface area (Å²) in [5.41, 5.74) is 2.11. The average molecular weight is 612 g/mol. The molecule has 4 rings (SSSR count). The molecule has 11 nitrogen and oxygen atoms in total. The Labute approximate surface area is 259 Å². The number of amides is 1. The van der Waals surface area contributed by atoms with Gasteiger partial charge in [0.1, 0.15) is 10.1 Å². The van der Waals surface area contributed by atoms with Crippen molar-refractivity contribution in [3.63, 3.8) is 0 Å². The molecule has 0 fully saturated rings. The smallest absolute Gasteiger partial charge is 0.744 e. The first-order chi connectivity index (χ1) is 18.3. The van der Waals surface area contributed by atoms with Crippen LogP contribution in [0.4, 0.5) is 17.1 Å². The van der Waals surface area contributed by atoms with Gasteiger partial charge >= 0.3 is 29.6 Å². The van der Waals surface area contributed by atoms with E-state index in [1.165, 1.54) is 19.1 Å². The standard InChI is InChI=1S/C25H24ClN5O6S2.Na/c1-4-17-7-5-6-8-21(17)30-38(33,34)23-13-18(10-9-15(23)2)27-28-24-16(3)29-31(25(24)32)22-14-19(39(35,36)37)11-12-20(22)26;/h5-14,24,30H,4H2,1-3H3,(H,35,36,37);/q;+1/p-1. The predicted molar refractivity (Wildman–Crippen MR) is 146 cm³/mol. The minimum Gasteiger partial charge on any atom is -0.744 e. The molecule has 1 N–H and O–H groups in total. The van der Waals surface area contributed by atoms with E-state index in [4.69, 9.17) is 11.6 Å². The molecule has 204 valence electrons. The number of sulfonamides is 1. The van der Waals surface area contributed by atoms with E-state index < -0.39 is 37.0 Å². The topological polar surface area (TPSA) is 161 Å². The molecule has 40 heavy (non-hydrogen) atoms. The molecule has 0 bridgehead atoms. The van der Waals surface area contributed by atoms with Crippen molar-refractivity contribution in [2.75, 3.05) is 9.73 Å². The average Bonchev–Trinajstić information content (AvgIpc) is 3.15. The van der Waals surface area contributed by atoms with Crippen molar-refractivity contribution in [3.05, 3.63) is 76.8 Å². The summed E-state index contributed by atoms with van der Waals surface area (Å²) in [5.74, 6) is -0.684. The van der Waals surface area contributed by atoms with Gasteiger partial charge in [-0.05, 0) is 67.8 Å². The van der Waals surface area contributed by atoms with Crippen LogP contribution in [0, 0.1) is 6.92 Å². The molecule has 0 aromatic heterocycles. The van der Waals surface area contributed by atoms with E-state index in [2.05, 4.69) is 20.1 Å². The molecule has 0 saturated carbocycles. The van der Waals surface area contributed by atoms with Crippen LogP contribution < -0.4 is 39.3 Å². The molecule has 3 aromatic rings. The zero-order valence-electron chi connectivity index (χ0n) is 22.0. The van der Waals surface area contributed by atoms with Crippen molar-refractivity contribution in [1.29, 1.82) is 0 Å². The van der Waals surface area contributed by atoms with Crippen molar-refractivity contribution in [3.8, 4) is 0 Å².